The highest BCUT2D eigenvalue weighted by molar-refractivity contribution is 5.97. The molecule has 92 valence electrons. The first-order valence-electron chi connectivity index (χ1n) is 5.30. The standard InChI is InChI=1S/C13H12FN3O/c1-8-2-3-10(14)11(6-8)18-12-7-17-5-4-9(12)13(15)16/h2-7H,1H3,(H3,15,16). The van der Waals surface area contributed by atoms with Crippen LogP contribution >= 0.6 is 0 Å². The molecular formula is C13H12FN3O. The minimum Gasteiger partial charge on any atom is -0.452 e. The fourth-order valence-electron chi connectivity index (χ4n) is 1.49. The van der Waals surface area contributed by atoms with Gasteiger partial charge in [0.15, 0.2) is 17.3 Å². The topological polar surface area (TPSA) is 72.0 Å². The lowest BCUT2D eigenvalue weighted by molar-refractivity contribution is 0.439. The van der Waals surface area contributed by atoms with Gasteiger partial charge >= 0.3 is 0 Å². The number of rotatable bonds is 3. The molecule has 1 heterocycles. The fraction of sp³-hybridized carbons (Fsp3) is 0.0769. The molecule has 0 saturated heterocycles. The summed E-state index contributed by atoms with van der Waals surface area (Å²) in [6.07, 6.45) is 2.90. The molecular weight excluding hydrogens is 233 g/mol. The van der Waals surface area contributed by atoms with E-state index in [1.807, 2.05) is 6.92 Å². The SMILES string of the molecule is Cc1ccc(F)c(Oc2cnccc2C(=N)N)c1. The summed E-state index contributed by atoms with van der Waals surface area (Å²) in [7, 11) is 0. The quantitative estimate of drug-likeness (QED) is 0.645. The number of ether oxygens (including phenoxy) is 1. The van der Waals surface area contributed by atoms with Crippen LogP contribution in [0.2, 0.25) is 0 Å². The van der Waals surface area contributed by atoms with Gasteiger partial charge in [0.05, 0.1) is 11.8 Å². The van der Waals surface area contributed by atoms with Crippen molar-refractivity contribution in [3.63, 3.8) is 0 Å². The van der Waals surface area contributed by atoms with Gasteiger partial charge in [0.25, 0.3) is 0 Å². The smallest absolute Gasteiger partial charge is 0.165 e. The van der Waals surface area contributed by atoms with Gasteiger partial charge in [-0.1, -0.05) is 6.07 Å². The van der Waals surface area contributed by atoms with Gasteiger partial charge in [-0.2, -0.15) is 0 Å². The van der Waals surface area contributed by atoms with Gasteiger partial charge in [-0.25, -0.2) is 4.39 Å². The predicted molar refractivity (Wildman–Crippen MR) is 66.5 cm³/mol. The second kappa shape index (κ2) is 4.83. The van der Waals surface area contributed by atoms with Crippen LogP contribution < -0.4 is 10.5 Å². The molecule has 2 rings (SSSR count). The number of hydrogen-bond acceptors (Lipinski definition) is 3. The van der Waals surface area contributed by atoms with Crippen LogP contribution in [-0.2, 0) is 0 Å². The third-order valence-corrected chi connectivity index (χ3v) is 2.38. The summed E-state index contributed by atoms with van der Waals surface area (Å²) < 4.78 is 19.0. The molecule has 0 radical (unpaired) electrons. The maximum atomic E-state index is 13.6. The molecule has 4 nitrogen and oxygen atoms in total. The van der Waals surface area contributed by atoms with E-state index in [1.54, 1.807) is 18.2 Å². The highest BCUT2D eigenvalue weighted by atomic mass is 19.1. The minimum absolute atomic E-state index is 0.0884. The van der Waals surface area contributed by atoms with E-state index in [0.717, 1.165) is 5.56 Å². The monoisotopic (exact) mass is 245 g/mol. The molecule has 0 aliphatic heterocycles. The number of amidine groups is 1. The molecule has 0 saturated carbocycles. The molecule has 0 amide bonds. The third-order valence-electron chi connectivity index (χ3n) is 2.38. The van der Waals surface area contributed by atoms with Gasteiger partial charge in [-0.3, -0.25) is 10.4 Å². The number of hydrogen-bond donors (Lipinski definition) is 2. The number of nitrogens with two attached hydrogens (primary N) is 1. The molecule has 5 heteroatoms. The number of aryl methyl sites for hydroxylation is 1. The Hall–Kier alpha value is -2.43. The largest absolute Gasteiger partial charge is 0.452 e. The number of halogens is 1. The summed E-state index contributed by atoms with van der Waals surface area (Å²) in [5, 5.41) is 7.41. The van der Waals surface area contributed by atoms with Crippen LogP contribution in [0.4, 0.5) is 4.39 Å². The molecule has 0 bridgehead atoms. The van der Waals surface area contributed by atoms with Gasteiger partial charge in [-0.05, 0) is 30.7 Å². The zero-order valence-corrected chi connectivity index (χ0v) is 9.77. The lowest BCUT2D eigenvalue weighted by atomic mass is 10.2. The van der Waals surface area contributed by atoms with Gasteiger partial charge in [0, 0.05) is 6.20 Å². The Kier molecular flexibility index (Phi) is 3.23. The van der Waals surface area contributed by atoms with Crippen LogP contribution in [0.5, 0.6) is 11.5 Å². The Balaban J connectivity index is 2.40. The van der Waals surface area contributed by atoms with Crippen LogP contribution in [-0.4, -0.2) is 10.8 Å². The van der Waals surface area contributed by atoms with Crippen LogP contribution in [0.3, 0.4) is 0 Å². The van der Waals surface area contributed by atoms with E-state index in [4.69, 9.17) is 15.9 Å². The second-order valence-corrected chi connectivity index (χ2v) is 3.82. The molecule has 18 heavy (non-hydrogen) atoms. The summed E-state index contributed by atoms with van der Waals surface area (Å²) in [5.41, 5.74) is 6.67. The summed E-state index contributed by atoms with van der Waals surface area (Å²) in [4.78, 5) is 3.88. The lowest BCUT2D eigenvalue weighted by Gasteiger charge is -2.10. The molecule has 0 atom stereocenters. The van der Waals surface area contributed by atoms with Gasteiger partial charge in [-0.15, -0.1) is 0 Å². The van der Waals surface area contributed by atoms with E-state index in [0.29, 0.717) is 5.56 Å². The highest BCUT2D eigenvalue weighted by Gasteiger charge is 2.10. The van der Waals surface area contributed by atoms with Crippen molar-refractivity contribution < 1.29 is 9.13 Å². The van der Waals surface area contributed by atoms with Gasteiger partial charge < -0.3 is 10.5 Å². The maximum Gasteiger partial charge on any atom is 0.165 e. The number of nitrogen functional groups attached to an aromatic ring is 1. The van der Waals surface area contributed by atoms with E-state index >= 15 is 0 Å². The number of aromatic nitrogens is 1. The summed E-state index contributed by atoms with van der Waals surface area (Å²) in [5.74, 6) is -0.278. The summed E-state index contributed by atoms with van der Waals surface area (Å²) >= 11 is 0. The van der Waals surface area contributed by atoms with Crippen molar-refractivity contribution in [3.05, 3.63) is 53.6 Å². The van der Waals surface area contributed by atoms with Crippen LogP contribution in [0, 0.1) is 18.2 Å². The zero-order chi connectivity index (χ0) is 13.1. The molecule has 0 spiro atoms. The van der Waals surface area contributed by atoms with Crippen molar-refractivity contribution in [2.45, 2.75) is 6.92 Å². The Morgan fingerprint density at radius 3 is 2.83 bits per heavy atom. The average Bonchev–Trinajstić information content (AvgIpc) is 2.34. The Bertz CT molecular complexity index is 599. The molecule has 3 N–H and O–H groups in total. The molecule has 1 aromatic heterocycles. The first kappa shape index (κ1) is 12.0. The van der Waals surface area contributed by atoms with E-state index in [2.05, 4.69) is 4.98 Å². The minimum atomic E-state index is -0.473. The van der Waals surface area contributed by atoms with Crippen molar-refractivity contribution in [1.29, 1.82) is 5.41 Å². The number of nitrogens with zero attached hydrogens (tertiary/aromatic N) is 1. The number of nitrogens with one attached hydrogen (secondary N) is 1. The van der Waals surface area contributed by atoms with Crippen LogP contribution in [0.25, 0.3) is 0 Å². The molecule has 0 unspecified atom stereocenters. The molecule has 2 aromatic rings. The van der Waals surface area contributed by atoms with E-state index in [-0.39, 0.29) is 17.3 Å². The van der Waals surface area contributed by atoms with Crippen molar-refractivity contribution >= 4 is 5.84 Å². The van der Waals surface area contributed by atoms with Crippen molar-refractivity contribution in [2.24, 2.45) is 5.73 Å². The summed E-state index contributed by atoms with van der Waals surface area (Å²) in [6.45, 7) is 1.83. The first-order chi connectivity index (χ1) is 8.58. The lowest BCUT2D eigenvalue weighted by Crippen LogP contribution is -2.12. The first-order valence-corrected chi connectivity index (χ1v) is 5.30. The van der Waals surface area contributed by atoms with E-state index in [1.165, 1.54) is 18.5 Å². The third kappa shape index (κ3) is 2.45. The normalized spacial score (nSPS) is 10.1. The van der Waals surface area contributed by atoms with Crippen LogP contribution in [0.15, 0.2) is 36.7 Å². The Morgan fingerprint density at radius 1 is 1.33 bits per heavy atom. The number of pyridine rings is 1. The average molecular weight is 245 g/mol. The van der Waals surface area contributed by atoms with Crippen molar-refractivity contribution in [1.82, 2.24) is 4.98 Å². The fourth-order valence-corrected chi connectivity index (χ4v) is 1.49. The Labute approximate surface area is 104 Å². The van der Waals surface area contributed by atoms with E-state index < -0.39 is 5.82 Å². The molecule has 0 aliphatic rings. The molecule has 1 aromatic carbocycles. The maximum absolute atomic E-state index is 13.6. The second-order valence-electron chi connectivity index (χ2n) is 3.82. The zero-order valence-electron chi connectivity index (χ0n) is 9.77. The molecule has 0 aliphatic carbocycles. The summed E-state index contributed by atoms with van der Waals surface area (Å²) in [6, 6.07) is 6.10. The van der Waals surface area contributed by atoms with Crippen LogP contribution in [0.1, 0.15) is 11.1 Å². The van der Waals surface area contributed by atoms with Gasteiger partial charge in [0.1, 0.15) is 5.84 Å². The predicted octanol–water partition coefficient (Wildman–Crippen LogP) is 2.61. The molecule has 0 fully saturated rings. The highest BCUT2D eigenvalue weighted by Crippen LogP contribution is 2.27. The number of benzene rings is 1. The Morgan fingerprint density at radius 2 is 2.11 bits per heavy atom. The van der Waals surface area contributed by atoms with E-state index in [9.17, 15) is 4.39 Å². The van der Waals surface area contributed by atoms with Crippen molar-refractivity contribution in [3.8, 4) is 11.5 Å². The van der Waals surface area contributed by atoms with Gasteiger partial charge in [0.2, 0.25) is 0 Å². The van der Waals surface area contributed by atoms with Crippen molar-refractivity contribution in [2.75, 3.05) is 0 Å².